The van der Waals surface area contributed by atoms with Crippen molar-refractivity contribution in [2.75, 3.05) is 12.4 Å². The Hall–Kier alpha value is -0.530. The minimum absolute atomic E-state index is 0.235. The van der Waals surface area contributed by atoms with E-state index in [0.717, 1.165) is 18.2 Å². The van der Waals surface area contributed by atoms with E-state index in [1.165, 1.54) is 6.92 Å². The first-order valence-corrected chi connectivity index (χ1v) is 6.89. The lowest BCUT2D eigenvalue weighted by molar-refractivity contribution is -0.282. The van der Waals surface area contributed by atoms with Gasteiger partial charge in [0.05, 0.1) is 11.9 Å². The zero-order chi connectivity index (χ0) is 15.1. The Balaban J connectivity index is 3.97. The van der Waals surface area contributed by atoms with Crippen LogP contribution in [0.3, 0.4) is 0 Å². The molecule has 0 fully saturated rings. The molecule has 114 valence electrons. The third kappa shape index (κ3) is 6.98. The predicted molar refractivity (Wildman–Crippen MR) is 63.4 cm³/mol. The van der Waals surface area contributed by atoms with Gasteiger partial charge in [-0.2, -0.15) is 22.0 Å². The van der Waals surface area contributed by atoms with Crippen LogP contribution in [-0.4, -0.2) is 35.7 Å². The molecule has 0 aliphatic rings. The van der Waals surface area contributed by atoms with Gasteiger partial charge >= 0.3 is 18.1 Å². The summed E-state index contributed by atoms with van der Waals surface area (Å²) < 4.78 is 65.6. The number of alkyl halides is 5. The lowest BCUT2D eigenvalue weighted by atomic mass is 10.2. The van der Waals surface area contributed by atoms with Gasteiger partial charge in [-0.3, -0.25) is 4.79 Å². The molecule has 0 saturated carbocycles. The van der Waals surface area contributed by atoms with Crippen LogP contribution in [0.4, 0.5) is 22.0 Å². The van der Waals surface area contributed by atoms with Gasteiger partial charge in [-0.05, 0) is 13.3 Å². The smallest absolute Gasteiger partial charge is 0.453 e. The predicted octanol–water partition coefficient (Wildman–Crippen LogP) is 4.04. The highest BCUT2D eigenvalue weighted by Gasteiger charge is 2.56. The van der Waals surface area contributed by atoms with Crippen LogP contribution in [0.15, 0.2) is 0 Å². The van der Waals surface area contributed by atoms with Gasteiger partial charge in [-0.15, -0.1) is 11.8 Å². The summed E-state index contributed by atoms with van der Waals surface area (Å²) >= 11 is 0.731. The first-order valence-electron chi connectivity index (χ1n) is 5.84. The average Bonchev–Trinajstić information content (AvgIpc) is 2.27. The van der Waals surface area contributed by atoms with E-state index in [9.17, 15) is 26.7 Å². The van der Waals surface area contributed by atoms with Crippen molar-refractivity contribution in [1.82, 2.24) is 0 Å². The maximum atomic E-state index is 12.6. The first-order chi connectivity index (χ1) is 8.62. The van der Waals surface area contributed by atoms with Crippen molar-refractivity contribution >= 4 is 17.7 Å². The summed E-state index contributed by atoms with van der Waals surface area (Å²) in [5.41, 5.74) is 0. The summed E-state index contributed by atoms with van der Waals surface area (Å²) in [6.45, 7) is 3.56. The summed E-state index contributed by atoms with van der Waals surface area (Å²) in [4.78, 5) is 11.3. The number of hydrogen-bond donors (Lipinski definition) is 0. The molecule has 0 aromatic heterocycles. The van der Waals surface area contributed by atoms with Crippen molar-refractivity contribution in [1.29, 1.82) is 0 Å². The van der Waals surface area contributed by atoms with Crippen LogP contribution in [0.5, 0.6) is 0 Å². The molecule has 19 heavy (non-hydrogen) atoms. The van der Waals surface area contributed by atoms with E-state index in [2.05, 4.69) is 0 Å². The van der Waals surface area contributed by atoms with Crippen LogP contribution < -0.4 is 0 Å². The number of carbonyl (C=O) groups excluding carboxylic acids is 1. The maximum Gasteiger partial charge on any atom is 0.453 e. The Morgan fingerprint density at radius 1 is 1.26 bits per heavy atom. The Morgan fingerprint density at radius 2 is 1.84 bits per heavy atom. The molecule has 0 aliphatic carbocycles. The zero-order valence-electron chi connectivity index (χ0n) is 10.7. The number of thioether (sulfide) groups is 1. The molecule has 0 radical (unpaired) electrons. The van der Waals surface area contributed by atoms with Crippen molar-refractivity contribution in [2.24, 2.45) is 0 Å². The highest BCUT2D eigenvalue weighted by molar-refractivity contribution is 8.00. The molecular formula is C11H17F5O2S. The molecule has 0 saturated heterocycles. The minimum Gasteiger partial charge on any atom is -0.465 e. The van der Waals surface area contributed by atoms with E-state index in [-0.39, 0.29) is 6.61 Å². The van der Waals surface area contributed by atoms with E-state index in [4.69, 9.17) is 4.74 Å². The van der Waals surface area contributed by atoms with Gasteiger partial charge < -0.3 is 4.74 Å². The fraction of sp³-hybridized carbons (Fsp3) is 0.909. The molecule has 0 heterocycles. The van der Waals surface area contributed by atoms with Crippen molar-refractivity contribution in [3.8, 4) is 0 Å². The third-order valence-electron chi connectivity index (χ3n) is 2.27. The second-order valence-electron chi connectivity index (χ2n) is 3.99. The molecule has 8 heteroatoms. The van der Waals surface area contributed by atoms with Crippen molar-refractivity contribution in [2.45, 2.75) is 50.5 Å². The molecular weight excluding hydrogens is 291 g/mol. The zero-order valence-corrected chi connectivity index (χ0v) is 11.5. The number of esters is 1. The second kappa shape index (κ2) is 7.91. The Morgan fingerprint density at radius 3 is 2.32 bits per heavy atom. The van der Waals surface area contributed by atoms with E-state index in [0.29, 0.717) is 6.42 Å². The molecule has 0 bridgehead atoms. The normalized spacial score (nSPS) is 14.3. The Bertz CT molecular complexity index is 281. The van der Waals surface area contributed by atoms with E-state index >= 15 is 0 Å². The van der Waals surface area contributed by atoms with Gasteiger partial charge in [0.2, 0.25) is 0 Å². The number of ether oxygens (including phenoxy) is 1. The lowest BCUT2D eigenvalue weighted by Crippen LogP contribution is -2.37. The van der Waals surface area contributed by atoms with Crippen LogP contribution in [-0.2, 0) is 9.53 Å². The van der Waals surface area contributed by atoms with Gasteiger partial charge in [0.25, 0.3) is 0 Å². The summed E-state index contributed by atoms with van der Waals surface area (Å²) in [7, 11) is 0. The summed E-state index contributed by atoms with van der Waals surface area (Å²) in [6.07, 6.45) is -5.35. The minimum atomic E-state index is -5.54. The quantitative estimate of drug-likeness (QED) is 0.384. The Labute approximate surface area is 113 Å². The molecule has 0 aromatic carbocycles. The monoisotopic (exact) mass is 308 g/mol. The maximum absolute atomic E-state index is 12.6. The summed E-state index contributed by atoms with van der Waals surface area (Å²) in [5.74, 6) is -5.77. The van der Waals surface area contributed by atoms with Crippen LogP contribution >= 0.6 is 11.8 Å². The van der Waals surface area contributed by atoms with Gasteiger partial charge in [-0.25, -0.2) is 0 Å². The van der Waals surface area contributed by atoms with Crippen LogP contribution in [0, 0.1) is 0 Å². The van der Waals surface area contributed by atoms with Gasteiger partial charge in [0.15, 0.2) is 0 Å². The van der Waals surface area contributed by atoms with Crippen molar-refractivity contribution < 1.29 is 31.5 Å². The molecule has 0 amide bonds. The first kappa shape index (κ1) is 18.5. The fourth-order valence-corrected chi connectivity index (χ4v) is 1.94. The largest absolute Gasteiger partial charge is 0.465 e. The van der Waals surface area contributed by atoms with Crippen LogP contribution in [0.2, 0.25) is 0 Å². The molecule has 0 aromatic rings. The standard InChI is InChI=1S/C11H17F5O2S/c1-3-4-6-18-9(17)8(2)19-7-5-10(12,13)11(14,15)16/h8H,3-7H2,1-2H3. The SMILES string of the molecule is CCCCOC(=O)C(C)SCCC(F)(F)C(F)(F)F. The Kier molecular flexibility index (Phi) is 7.69. The number of carbonyl (C=O) groups is 1. The van der Waals surface area contributed by atoms with Gasteiger partial charge in [0.1, 0.15) is 0 Å². The van der Waals surface area contributed by atoms with Gasteiger partial charge in [-0.1, -0.05) is 13.3 Å². The average molecular weight is 308 g/mol. The number of unbranched alkanes of at least 4 members (excludes halogenated alkanes) is 1. The molecule has 0 N–H and O–H groups in total. The summed E-state index contributed by atoms with van der Waals surface area (Å²) in [5, 5.41) is -0.749. The topological polar surface area (TPSA) is 26.3 Å². The number of hydrogen-bond acceptors (Lipinski definition) is 3. The van der Waals surface area contributed by atoms with Gasteiger partial charge in [0, 0.05) is 12.2 Å². The molecule has 1 unspecified atom stereocenters. The molecule has 0 spiro atoms. The highest BCUT2D eigenvalue weighted by Crippen LogP contribution is 2.39. The number of rotatable bonds is 8. The fourth-order valence-electron chi connectivity index (χ4n) is 1.01. The van der Waals surface area contributed by atoms with Crippen LogP contribution in [0.25, 0.3) is 0 Å². The highest BCUT2D eigenvalue weighted by atomic mass is 32.2. The molecule has 0 rings (SSSR count). The lowest BCUT2D eigenvalue weighted by Gasteiger charge is -2.19. The van der Waals surface area contributed by atoms with E-state index in [1.807, 2.05) is 6.92 Å². The van der Waals surface area contributed by atoms with Crippen LogP contribution in [0.1, 0.15) is 33.1 Å². The van der Waals surface area contributed by atoms with Crippen molar-refractivity contribution in [3.63, 3.8) is 0 Å². The van der Waals surface area contributed by atoms with Crippen molar-refractivity contribution in [3.05, 3.63) is 0 Å². The van der Waals surface area contributed by atoms with E-state index < -0.39 is 35.5 Å². The number of halogens is 5. The molecule has 2 nitrogen and oxygen atoms in total. The van der Waals surface area contributed by atoms with E-state index in [1.54, 1.807) is 0 Å². The third-order valence-corrected chi connectivity index (χ3v) is 3.41. The molecule has 1 atom stereocenters. The second-order valence-corrected chi connectivity index (χ2v) is 5.43. The molecule has 0 aliphatic heterocycles. The summed E-state index contributed by atoms with van der Waals surface area (Å²) in [6, 6.07) is 0.